The van der Waals surface area contributed by atoms with Crippen LogP contribution in [0.25, 0.3) is 0 Å². The third kappa shape index (κ3) is 3.82. The summed E-state index contributed by atoms with van der Waals surface area (Å²) in [6.45, 7) is 26.9. The molecule has 0 N–H and O–H groups in total. The molecule has 0 bridgehead atoms. The van der Waals surface area contributed by atoms with Gasteiger partial charge in [0.1, 0.15) is 0 Å². The van der Waals surface area contributed by atoms with Crippen LogP contribution in [0.1, 0.15) is 89.0 Å². The molecule has 1 amide bonds. The number of piperidine rings is 1. The van der Waals surface area contributed by atoms with Gasteiger partial charge in [-0.05, 0) is 82.7 Å². The monoisotopic (exact) mass is 380 g/mol. The average Bonchev–Trinajstić information content (AvgIpc) is 2.79. The van der Waals surface area contributed by atoms with E-state index in [0.717, 1.165) is 36.8 Å². The summed E-state index contributed by atoms with van der Waals surface area (Å²) in [5.41, 5.74) is 0.274. The van der Waals surface area contributed by atoms with E-state index in [9.17, 15) is 4.79 Å². The predicted octanol–water partition coefficient (Wildman–Crippen LogP) is 5.69. The highest BCUT2D eigenvalue weighted by atomic mass is 16.2. The van der Waals surface area contributed by atoms with Crippen molar-refractivity contribution in [2.75, 3.05) is 20.1 Å². The van der Waals surface area contributed by atoms with Crippen molar-refractivity contribution in [2.24, 2.45) is 29.1 Å². The number of carbonyl (C=O) groups excluding carboxylic acids is 1. The Morgan fingerprint density at radius 1 is 0.926 bits per heavy atom. The lowest BCUT2D eigenvalue weighted by atomic mass is 9.64. The Bertz CT molecular complexity index is 487. The van der Waals surface area contributed by atoms with Crippen LogP contribution in [-0.4, -0.2) is 46.9 Å². The van der Waals surface area contributed by atoms with Gasteiger partial charge in [0, 0.05) is 19.5 Å². The molecule has 2 rings (SSSR count). The highest BCUT2D eigenvalue weighted by molar-refractivity contribution is 5.74. The van der Waals surface area contributed by atoms with Gasteiger partial charge in [-0.15, -0.1) is 0 Å². The summed E-state index contributed by atoms with van der Waals surface area (Å²) in [6, 6.07) is 0. The highest BCUT2D eigenvalue weighted by Crippen LogP contribution is 2.59. The van der Waals surface area contributed by atoms with Crippen LogP contribution in [0.15, 0.2) is 0 Å². The lowest BCUT2D eigenvalue weighted by molar-refractivity contribution is -0.140. The molecular weight excluding hydrogens is 332 g/mol. The van der Waals surface area contributed by atoms with Gasteiger partial charge in [-0.1, -0.05) is 41.5 Å². The Morgan fingerprint density at radius 3 is 1.63 bits per heavy atom. The van der Waals surface area contributed by atoms with Crippen molar-refractivity contribution < 1.29 is 4.79 Å². The minimum atomic E-state index is -0.198. The van der Waals surface area contributed by atoms with Crippen LogP contribution in [0.5, 0.6) is 0 Å². The first kappa shape index (κ1) is 24.5. The number of hydrogen-bond donors (Lipinski definition) is 0. The van der Waals surface area contributed by atoms with E-state index >= 15 is 0 Å². The standard InChI is InChI=1S/C22H42N2O.C2H6/c1-15-16(2)18(4)22(17(15)3)11-13-24(14-12-22)21(8,9)20(6,7)23(10)19(5)25;1-2/h15-18H,11-14H2,1-10H3;1-2H3. The second-order valence-corrected chi connectivity index (χ2v) is 10.2. The molecule has 2 fully saturated rings. The molecule has 0 aromatic heterocycles. The normalized spacial score (nSPS) is 31.4. The maximum absolute atomic E-state index is 12.0. The van der Waals surface area contributed by atoms with Gasteiger partial charge in [0.25, 0.3) is 0 Å². The van der Waals surface area contributed by atoms with Crippen molar-refractivity contribution in [3.05, 3.63) is 0 Å². The van der Waals surface area contributed by atoms with E-state index < -0.39 is 0 Å². The fourth-order valence-electron chi connectivity index (χ4n) is 5.96. The van der Waals surface area contributed by atoms with Gasteiger partial charge >= 0.3 is 0 Å². The molecule has 0 radical (unpaired) electrons. The molecule has 3 nitrogen and oxygen atoms in total. The van der Waals surface area contributed by atoms with Crippen LogP contribution >= 0.6 is 0 Å². The highest BCUT2D eigenvalue weighted by Gasteiger charge is 2.55. The third-order valence-electron chi connectivity index (χ3n) is 9.51. The zero-order valence-corrected chi connectivity index (χ0v) is 20.4. The van der Waals surface area contributed by atoms with Crippen LogP contribution in [0, 0.1) is 29.1 Å². The lowest BCUT2D eigenvalue weighted by Gasteiger charge is -2.57. The number of carbonyl (C=O) groups is 1. The molecule has 1 heterocycles. The Labute approximate surface area is 170 Å². The molecule has 4 unspecified atom stereocenters. The van der Waals surface area contributed by atoms with E-state index in [-0.39, 0.29) is 17.0 Å². The first-order valence-corrected chi connectivity index (χ1v) is 11.3. The molecule has 3 heteroatoms. The van der Waals surface area contributed by atoms with Crippen molar-refractivity contribution in [1.29, 1.82) is 0 Å². The molecule has 4 atom stereocenters. The fourth-order valence-corrected chi connectivity index (χ4v) is 5.96. The number of rotatable bonds is 3. The van der Waals surface area contributed by atoms with Crippen molar-refractivity contribution in [3.8, 4) is 0 Å². The number of likely N-dealkylation sites (tertiary alicyclic amines) is 1. The summed E-state index contributed by atoms with van der Waals surface area (Å²) in [6.07, 6.45) is 2.60. The Balaban J connectivity index is 0.00000176. The van der Waals surface area contributed by atoms with Crippen molar-refractivity contribution in [1.82, 2.24) is 9.80 Å². The number of likely N-dealkylation sites (N-methyl/N-ethyl adjacent to an activating group) is 1. The summed E-state index contributed by atoms with van der Waals surface area (Å²) in [5.74, 6) is 3.43. The molecule has 1 saturated heterocycles. The van der Waals surface area contributed by atoms with Gasteiger partial charge in [0.2, 0.25) is 5.91 Å². The van der Waals surface area contributed by atoms with Gasteiger partial charge in [0.05, 0.1) is 5.54 Å². The molecule has 27 heavy (non-hydrogen) atoms. The smallest absolute Gasteiger partial charge is 0.219 e. The minimum Gasteiger partial charge on any atom is -0.339 e. The fraction of sp³-hybridized carbons (Fsp3) is 0.958. The van der Waals surface area contributed by atoms with E-state index in [0.29, 0.717) is 5.41 Å². The molecule has 1 spiro atoms. The number of amides is 1. The molecule has 1 aliphatic carbocycles. The Hall–Kier alpha value is -0.570. The molecule has 1 saturated carbocycles. The predicted molar refractivity (Wildman–Crippen MR) is 118 cm³/mol. The van der Waals surface area contributed by atoms with E-state index in [4.69, 9.17) is 0 Å². The number of hydrogen-bond acceptors (Lipinski definition) is 2. The van der Waals surface area contributed by atoms with E-state index in [1.165, 1.54) is 12.8 Å². The molecule has 0 aromatic rings. The summed E-state index contributed by atoms with van der Waals surface area (Å²) < 4.78 is 0. The topological polar surface area (TPSA) is 23.6 Å². The summed E-state index contributed by atoms with van der Waals surface area (Å²) in [7, 11) is 1.94. The van der Waals surface area contributed by atoms with E-state index in [1.807, 2.05) is 25.8 Å². The van der Waals surface area contributed by atoms with Crippen LogP contribution in [-0.2, 0) is 4.79 Å². The molecule has 160 valence electrons. The van der Waals surface area contributed by atoms with Gasteiger partial charge in [0.15, 0.2) is 0 Å². The lowest BCUT2D eigenvalue weighted by Crippen LogP contribution is -2.67. The van der Waals surface area contributed by atoms with Crippen molar-refractivity contribution >= 4 is 5.91 Å². The molecule has 0 aromatic carbocycles. The minimum absolute atomic E-state index is 0.0443. The summed E-state index contributed by atoms with van der Waals surface area (Å²) >= 11 is 0. The van der Waals surface area contributed by atoms with E-state index in [1.54, 1.807) is 6.92 Å². The SMILES string of the molecule is CC.CC(=O)N(C)C(C)(C)C(C)(C)N1CCC2(CC1)C(C)C(C)C(C)C2C. The molecule has 2 aliphatic rings. The zero-order valence-electron chi connectivity index (χ0n) is 20.4. The Morgan fingerprint density at radius 2 is 1.30 bits per heavy atom. The first-order chi connectivity index (χ1) is 12.3. The maximum atomic E-state index is 12.0. The Kier molecular flexibility index (Phi) is 7.64. The van der Waals surface area contributed by atoms with Crippen molar-refractivity contribution in [2.45, 2.75) is 100 Å². The largest absolute Gasteiger partial charge is 0.339 e. The number of nitrogens with zero attached hydrogens (tertiary/aromatic N) is 2. The second-order valence-electron chi connectivity index (χ2n) is 10.2. The van der Waals surface area contributed by atoms with Crippen LogP contribution in [0.4, 0.5) is 0 Å². The van der Waals surface area contributed by atoms with Gasteiger partial charge in [-0.25, -0.2) is 0 Å². The quantitative estimate of drug-likeness (QED) is 0.628. The van der Waals surface area contributed by atoms with Crippen molar-refractivity contribution in [3.63, 3.8) is 0 Å². The third-order valence-corrected chi connectivity index (χ3v) is 9.51. The van der Waals surface area contributed by atoms with Crippen LogP contribution < -0.4 is 0 Å². The maximum Gasteiger partial charge on any atom is 0.219 e. The van der Waals surface area contributed by atoms with Gasteiger partial charge < -0.3 is 4.90 Å². The van der Waals surface area contributed by atoms with Gasteiger partial charge in [-0.3, -0.25) is 9.69 Å². The van der Waals surface area contributed by atoms with Gasteiger partial charge in [-0.2, -0.15) is 0 Å². The average molecular weight is 381 g/mol. The summed E-state index contributed by atoms with van der Waals surface area (Å²) in [4.78, 5) is 16.6. The van der Waals surface area contributed by atoms with Crippen LogP contribution in [0.3, 0.4) is 0 Å². The molecular formula is C24H48N2O. The van der Waals surface area contributed by atoms with E-state index in [2.05, 4.69) is 60.3 Å². The van der Waals surface area contributed by atoms with Crippen LogP contribution in [0.2, 0.25) is 0 Å². The second kappa shape index (κ2) is 8.43. The molecule has 1 aliphatic heterocycles. The zero-order chi connectivity index (χ0) is 21.4. The summed E-state index contributed by atoms with van der Waals surface area (Å²) in [5, 5.41) is 0. The first-order valence-electron chi connectivity index (χ1n) is 11.3.